The fraction of sp³-hybridized carbons (Fsp3) is 0.889. The molecule has 0 fully saturated rings. The van der Waals surface area contributed by atoms with Crippen molar-refractivity contribution in [2.24, 2.45) is 0 Å². The van der Waals surface area contributed by atoms with Crippen molar-refractivity contribution in [2.75, 3.05) is 7.05 Å². The zero-order valence-electron chi connectivity index (χ0n) is 9.19. The van der Waals surface area contributed by atoms with E-state index < -0.39 is 15.3 Å². The van der Waals surface area contributed by atoms with Gasteiger partial charge in [0, 0.05) is 13.1 Å². The van der Waals surface area contributed by atoms with Gasteiger partial charge >= 0.3 is 0 Å². The van der Waals surface area contributed by atoms with E-state index in [0.717, 1.165) is 12.8 Å². The number of hydrogen-bond acceptors (Lipinski definition) is 3. The zero-order valence-corrected chi connectivity index (χ0v) is 10.0. The van der Waals surface area contributed by atoms with Crippen LogP contribution >= 0.6 is 0 Å². The van der Waals surface area contributed by atoms with Crippen LogP contribution in [0.3, 0.4) is 0 Å². The molecule has 0 radical (unpaired) electrons. The van der Waals surface area contributed by atoms with Gasteiger partial charge in [-0.2, -0.15) is 5.26 Å². The minimum atomic E-state index is -3.44. The molecule has 0 heterocycles. The van der Waals surface area contributed by atoms with Crippen molar-refractivity contribution >= 4 is 10.0 Å². The standard InChI is InChI=1S/C9H18N2O2S/c1-5-6-8(2)11(4)14(12,13)9(3)7-10/h8-9H,5-6H2,1-4H3. The Morgan fingerprint density at radius 2 is 1.93 bits per heavy atom. The quantitative estimate of drug-likeness (QED) is 0.699. The number of hydrogen-bond donors (Lipinski definition) is 0. The number of nitrogens with zero attached hydrogens (tertiary/aromatic N) is 2. The van der Waals surface area contributed by atoms with Gasteiger partial charge in [-0.05, 0) is 20.3 Å². The Kier molecular flexibility index (Phi) is 5.09. The monoisotopic (exact) mass is 218 g/mol. The van der Waals surface area contributed by atoms with Crippen molar-refractivity contribution in [3.63, 3.8) is 0 Å². The van der Waals surface area contributed by atoms with Crippen molar-refractivity contribution in [1.29, 1.82) is 5.26 Å². The SMILES string of the molecule is CCCC(C)N(C)S(=O)(=O)C(C)C#N. The van der Waals surface area contributed by atoms with Crippen LogP contribution in [0.5, 0.6) is 0 Å². The summed E-state index contributed by atoms with van der Waals surface area (Å²) in [5, 5.41) is 7.61. The molecule has 2 atom stereocenters. The van der Waals surface area contributed by atoms with Gasteiger partial charge < -0.3 is 0 Å². The van der Waals surface area contributed by atoms with Crippen LogP contribution in [0.4, 0.5) is 0 Å². The molecule has 0 aliphatic heterocycles. The topological polar surface area (TPSA) is 61.2 Å². The molecule has 0 aromatic carbocycles. The van der Waals surface area contributed by atoms with E-state index in [0.29, 0.717) is 0 Å². The molecule has 0 aromatic heterocycles. The Bertz CT molecular complexity index is 305. The third-order valence-corrected chi connectivity index (χ3v) is 4.52. The normalized spacial score (nSPS) is 16.3. The second-order valence-corrected chi connectivity index (χ2v) is 5.78. The van der Waals surface area contributed by atoms with Gasteiger partial charge in [-0.1, -0.05) is 13.3 Å². The van der Waals surface area contributed by atoms with E-state index in [9.17, 15) is 8.42 Å². The van der Waals surface area contributed by atoms with Crippen LogP contribution < -0.4 is 0 Å². The summed E-state index contributed by atoms with van der Waals surface area (Å²) in [4.78, 5) is 0. The van der Waals surface area contributed by atoms with E-state index >= 15 is 0 Å². The predicted octanol–water partition coefficient (Wildman–Crippen LogP) is 1.35. The van der Waals surface area contributed by atoms with E-state index in [-0.39, 0.29) is 6.04 Å². The number of sulfonamides is 1. The van der Waals surface area contributed by atoms with Gasteiger partial charge in [0.05, 0.1) is 6.07 Å². The molecule has 0 rings (SSSR count). The molecule has 14 heavy (non-hydrogen) atoms. The first-order chi connectivity index (χ1) is 6.37. The summed E-state index contributed by atoms with van der Waals surface area (Å²) in [7, 11) is -1.91. The highest BCUT2D eigenvalue weighted by molar-refractivity contribution is 7.89. The lowest BCUT2D eigenvalue weighted by Crippen LogP contribution is -2.39. The fourth-order valence-corrected chi connectivity index (χ4v) is 2.41. The zero-order chi connectivity index (χ0) is 11.4. The minimum Gasteiger partial charge on any atom is -0.211 e. The van der Waals surface area contributed by atoms with Gasteiger partial charge in [-0.25, -0.2) is 12.7 Å². The molecule has 2 unspecified atom stereocenters. The third-order valence-electron chi connectivity index (χ3n) is 2.36. The molecule has 0 saturated heterocycles. The highest BCUT2D eigenvalue weighted by Crippen LogP contribution is 2.13. The highest BCUT2D eigenvalue weighted by atomic mass is 32.2. The average Bonchev–Trinajstić information content (AvgIpc) is 2.15. The van der Waals surface area contributed by atoms with Crippen LogP contribution in [0.1, 0.15) is 33.6 Å². The molecular weight excluding hydrogens is 200 g/mol. The van der Waals surface area contributed by atoms with Crippen molar-refractivity contribution in [2.45, 2.75) is 44.9 Å². The van der Waals surface area contributed by atoms with Gasteiger partial charge in [0.2, 0.25) is 10.0 Å². The molecule has 4 nitrogen and oxygen atoms in total. The molecule has 0 spiro atoms. The van der Waals surface area contributed by atoms with E-state index in [2.05, 4.69) is 0 Å². The second-order valence-electron chi connectivity index (χ2n) is 3.47. The summed E-state index contributed by atoms with van der Waals surface area (Å²) >= 11 is 0. The van der Waals surface area contributed by atoms with Crippen LogP contribution in [-0.2, 0) is 10.0 Å². The maximum Gasteiger partial charge on any atom is 0.230 e. The highest BCUT2D eigenvalue weighted by Gasteiger charge is 2.28. The van der Waals surface area contributed by atoms with Gasteiger partial charge in [0.1, 0.15) is 0 Å². The Morgan fingerprint density at radius 3 is 2.29 bits per heavy atom. The summed E-state index contributed by atoms with van der Waals surface area (Å²) in [5.74, 6) is 0. The molecule has 0 amide bonds. The molecule has 0 saturated carbocycles. The average molecular weight is 218 g/mol. The lowest BCUT2D eigenvalue weighted by atomic mass is 10.2. The maximum absolute atomic E-state index is 11.7. The third kappa shape index (κ3) is 2.96. The summed E-state index contributed by atoms with van der Waals surface area (Å²) in [5.41, 5.74) is 0. The number of nitriles is 1. The van der Waals surface area contributed by atoms with Crippen LogP contribution in [0, 0.1) is 11.3 Å². The first kappa shape index (κ1) is 13.4. The largest absolute Gasteiger partial charge is 0.230 e. The van der Waals surface area contributed by atoms with Gasteiger partial charge in [0.15, 0.2) is 5.25 Å². The van der Waals surface area contributed by atoms with Gasteiger partial charge in [0.25, 0.3) is 0 Å². The van der Waals surface area contributed by atoms with Crippen molar-refractivity contribution < 1.29 is 8.42 Å². The van der Waals surface area contributed by atoms with E-state index in [4.69, 9.17) is 5.26 Å². The summed E-state index contributed by atoms with van der Waals surface area (Å²) < 4.78 is 24.7. The molecular formula is C9H18N2O2S. The fourth-order valence-electron chi connectivity index (χ4n) is 1.17. The van der Waals surface area contributed by atoms with Gasteiger partial charge in [-0.15, -0.1) is 0 Å². The van der Waals surface area contributed by atoms with Crippen molar-refractivity contribution in [1.82, 2.24) is 4.31 Å². The van der Waals surface area contributed by atoms with Crippen LogP contribution in [0.2, 0.25) is 0 Å². The van der Waals surface area contributed by atoms with E-state index in [1.165, 1.54) is 18.3 Å². The summed E-state index contributed by atoms with van der Waals surface area (Å²) in [6, 6.07) is 1.71. The second kappa shape index (κ2) is 5.32. The van der Waals surface area contributed by atoms with Crippen LogP contribution in [0.15, 0.2) is 0 Å². The molecule has 0 aromatic rings. The first-order valence-corrected chi connectivity index (χ1v) is 6.24. The lowest BCUT2D eigenvalue weighted by molar-refractivity contribution is 0.367. The molecule has 0 aliphatic rings. The molecule has 82 valence electrons. The van der Waals surface area contributed by atoms with Gasteiger partial charge in [-0.3, -0.25) is 0 Å². The Labute approximate surface area is 86.6 Å². The molecule has 0 N–H and O–H groups in total. The summed E-state index contributed by atoms with van der Waals surface area (Å²) in [6.45, 7) is 5.26. The van der Waals surface area contributed by atoms with E-state index in [1.807, 2.05) is 13.8 Å². The smallest absolute Gasteiger partial charge is 0.211 e. The van der Waals surface area contributed by atoms with E-state index in [1.54, 1.807) is 6.07 Å². The maximum atomic E-state index is 11.7. The Balaban J connectivity index is 4.69. The number of rotatable bonds is 5. The van der Waals surface area contributed by atoms with Crippen molar-refractivity contribution in [3.05, 3.63) is 0 Å². The predicted molar refractivity (Wildman–Crippen MR) is 56.1 cm³/mol. The lowest BCUT2D eigenvalue weighted by Gasteiger charge is -2.24. The van der Waals surface area contributed by atoms with Crippen LogP contribution in [-0.4, -0.2) is 31.1 Å². The molecule has 0 bridgehead atoms. The Morgan fingerprint density at radius 1 is 1.43 bits per heavy atom. The molecule has 0 aliphatic carbocycles. The Hall–Kier alpha value is -0.600. The minimum absolute atomic E-state index is 0.0409. The van der Waals surface area contributed by atoms with Crippen LogP contribution in [0.25, 0.3) is 0 Å². The van der Waals surface area contributed by atoms with Crippen molar-refractivity contribution in [3.8, 4) is 6.07 Å². The summed E-state index contributed by atoms with van der Waals surface area (Å²) in [6.07, 6.45) is 1.75. The molecule has 5 heteroatoms. The first-order valence-electron chi connectivity index (χ1n) is 4.74.